The summed E-state index contributed by atoms with van der Waals surface area (Å²) in [6.07, 6.45) is 2.95. The van der Waals surface area contributed by atoms with Gasteiger partial charge in [0.25, 0.3) is 0 Å². The first-order chi connectivity index (χ1) is 11.9. The molecule has 0 unspecified atom stereocenters. The van der Waals surface area contributed by atoms with Crippen LogP contribution in [0, 0.1) is 0 Å². The van der Waals surface area contributed by atoms with Gasteiger partial charge in [0.15, 0.2) is 20.4 Å². The number of rotatable bonds is 6. The van der Waals surface area contributed by atoms with E-state index in [4.69, 9.17) is 34.6 Å². The zero-order valence-corrected chi connectivity index (χ0v) is 14.4. The van der Waals surface area contributed by atoms with Crippen molar-refractivity contribution in [2.45, 2.75) is 0 Å². The monoisotopic (exact) mass is 404 g/mol. The van der Waals surface area contributed by atoms with Crippen molar-refractivity contribution < 1.29 is 63.2 Å². The van der Waals surface area contributed by atoms with Crippen LogP contribution in [0.1, 0.15) is 0 Å². The number of aliphatic hydroxyl groups is 3. The number of hydrogen-bond acceptors (Lipinski definition) is 10. The maximum atomic E-state index is 9.91. The average Bonchev–Trinajstić information content (AvgIpc) is 2.55. The molecule has 0 saturated heterocycles. The van der Waals surface area contributed by atoms with Crippen molar-refractivity contribution >= 4 is 25.7 Å². The molecule has 13 nitrogen and oxygen atoms in total. The molecule has 0 bridgehead atoms. The SMILES string of the molecule is C=CC(=O)OCO.C=CC(=O)OCO.C=CC(=O)OCO.O=P(O)(O)O. The first-order valence-corrected chi connectivity index (χ1v) is 7.48. The normalized spacial score (nSPS) is 8.38. The Bertz CT molecular complexity index is 407. The first kappa shape index (κ1) is 31.4. The highest BCUT2D eigenvalue weighted by atomic mass is 31.2. The highest BCUT2D eigenvalue weighted by Gasteiger charge is 2.00. The first-order valence-electron chi connectivity index (χ1n) is 5.91. The number of phosphoric acid groups is 1. The van der Waals surface area contributed by atoms with Gasteiger partial charge in [-0.05, 0) is 0 Å². The van der Waals surface area contributed by atoms with E-state index in [-0.39, 0.29) is 0 Å². The predicted octanol–water partition coefficient (Wildman–Crippen LogP) is -1.93. The molecule has 0 aliphatic rings. The van der Waals surface area contributed by atoms with Gasteiger partial charge in [-0.1, -0.05) is 19.7 Å². The van der Waals surface area contributed by atoms with Crippen molar-refractivity contribution in [2.75, 3.05) is 20.4 Å². The van der Waals surface area contributed by atoms with Gasteiger partial charge in [0.1, 0.15) is 0 Å². The Morgan fingerprint density at radius 1 is 0.692 bits per heavy atom. The van der Waals surface area contributed by atoms with E-state index < -0.39 is 46.1 Å². The molecule has 0 aliphatic heterocycles. The number of ether oxygens (including phenoxy) is 3. The van der Waals surface area contributed by atoms with Crippen LogP contribution in [0.15, 0.2) is 38.0 Å². The van der Waals surface area contributed by atoms with Crippen LogP contribution in [0.3, 0.4) is 0 Å². The fourth-order valence-corrected chi connectivity index (χ4v) is 0.368. The maximum Gasteiger partial charge on any atom is 0.466 e. The second kappa shape index (κ2) is 22.6. The summed E-state index contributed by atoms with van der Waals surface area (Å²) < 4.78 is 20.9. The van der Waals surface area contributed by atoms with E-state index in [9.17, 15) is 14.4 Å². The Morgan fingerprint density at radius 2 is 0.846 bits per heavy atom. The third-order valence-corrected chi connectivity index (χ3v) is 1.12. The van der Waals surface area contributed by atoms with E-state index >= 15 is 0 Å². The molecule has 152 valence electrons. The van der Waals surface area contributed by atoms with Crippen molar-refractivity contribution in [3.05, 3.63) is 38.0 Å². The van der Waals surface area contributed by atoms with Gasteiger partial charge in [-0.3, -0.25) is 0 Å². The lowest BCUT2D eigenvalue weighted by molar-refractivity contribution is -0.146. The lowest BCUT2D eigenvalue weighted by Crippen LogP contribution is -1.99. The summed E-state index contributed by atoms with van der Waals surface area (Å²) in [6, 6.07) is 0. The van der Waals surface area contributed by atoms with Crippen LogP contribution >= 0.6 is 7.82 Å². The van der Waals surface area contributed by atoms with Gasteiger partial charge in [-0.15, -0.1) is 0 Å². The minimum atomic E-state index is -4.64. The number of hydrogen-bond donors (Lipinski definition) is 6. The quantitative estimate of drug-likeness (QED) is 0.0935. The van der Waals surface area contributed by atoms with Crippen molar-refractivity contribution in [1.29, 1.82) is 0 Å². The Kier molecular flexibility index (Phi) is 27.3. The third-order valence-electron chi connectivity index (χ3n) is 1.12. The van der Waals surface area contributed by atoms with Crippen LogP contribution in [-0.2, 0) is 33.2 Å². The molecular weight excluding hydrogens is 383 g/mol. The van der Waals surface area contributed by atoms with E-state index in [2.05, 4.69) is 33.9 Å². The molecule has 0 spiro atoms. The Morgan fingerprint density at radius 3 is 0.885 bits per heavy atom. The third kappa shape index (κ3) is 57.7. The zero-order valence-electron chi connectivity index (χ0n) is 13.5. The summed E-state index contributed by atoms with van der Waals surface area (Å²) in [5.74, 6) is -1.83. The fourth-order valence-electron chi connectivity index (χ4n) is 0.368. The molecule has 0 atom stereocenters. The highest BCUT2D eigenvalue weighted by molar-refractivity contribution is 7.45. The zero-order chi connectivity index (χ0) is 21.6. The van der Waals surface area contributed by atoms with Gasteiger partial charge >= 0.3 is 25.7 Å². The molecule has 0 rings (SSSR count). The summed E-state index contributed by atoms with van der Waals surface area (Å²) in [5.41, 5.74) is 0. The molecule has 6 N–H and O–H groups in total. The number of carbonyl (C=O) groups is 3. The molecule has 0 fully saturated rings. The van der Waals surface area contributed by atoms with E-state index in [1.807, 2.05) is 0 Å². The molecule has 14 heteroatoms. The van der Waals surface area contributed by atoms with Crippen molar-refractivity contribution in [2.24, 2.45) is 0 Å². The Balaban J connectivity index is -0.000000125. The molecule has 0 saturated carbocycles. The summed E-state index contributed by atoms with van der Waals surface area (Å²) in [4.78, 5) is 51.3. The number of esters is 3. The summed E-state index contributed by atoms with van der Waals surface area (Å²) in [6.45, 7) is 7.55. The van der Waals surface area contributed by atoms with Gasteiger partial charge in [-0.25, -0.2) is 18.9 Å². The largest absolute Gasteiger partial charge is 0.466 e. The van der Waals surface area contributed by atoms with Gasteiger partial charge in [0, 0.05) is 18.2 Å². The highest BCUT2D eigenvalue weighted by Crippen LogP contribution is 2.25. The van der Waals surface area contributed by atoms with E-state index in [1.165, 1.54) is 0 Å². The van der Waals surface area contributed by atoms with Crippen LogP contribution in [0.25, 0.3) is 0 Å². The topological polar surface area (TPSA) is 217 Å². The van der Waals surface area contributed by atoms with Crippen LogP contribution in [-0.4, -0.2) is 68.3 Å². The predicted molar refractivity (Wildman–Crippen MR) is 84.4 cm³/mol. The van der Waals surface area contributed by atoms with Gasteiger partial charge in [-0.2, -0.15) is 0 Å². The summed E-state index contributed by atoms with van der Waals surface area (Å²) in [7, 11) is -4.64. The molecule has 0 aliphatic carbocycles. The van der Waals surface area contributed by atoms with Crippen molar-refractivity contribution in [1.82, 2.24) is 0 Å². The van der Waals surface area contributed by atoms with Crippen LogP contribution < -0.4 is 0 Å². The molecule has 0 heterocycles. The Hall–Kier alpha value is -2.38. The van der Waals surface area contributed by atoms with E-state index in [1.54, 1.807) is 0 Å². The smallest absolute Gasteiger partial charge is 0.436 e. The molecule has 0 aromatic rings. The maximum absolute atomic E-state index is 9.91. The second-order valence-electron chi connectivity index (χ2n) is 2.90. The van der Waals surface area contributed by atoms with Crippen LogP contribution in [0.5, 0.6) is 0 Å². The van der Waals surface area contributed by atoms with Gasteiger partial charge in [0.05, 0.1) is 0 Å². The lowest BCUT2D eigenvalue weighted by atomic mass is 10.7. The average molecular weight is 404 g/mol. The molecule has 0 radical (unpaired) electrons. The molecule has 0 amide bonds. The van der Waals surface area contributed by atoms with Crippen LogP contribution in [0.2, 0.25) is 0 Å². The lowest BCUT2D eigenvalue weighted by Gasteiger charge is -1.89. The summed E-state index contributed by atoms with van der Waals surface area (Å²) in [5, 5.41) is 23.6. The van der Waals surface area contributed by atoms with Gasteiger partial charge in [0.2, 0.25) is 0 Å². The second-order valence-corrected chi connectivity index (χ2v) is 3.93. The number of carbonyl (C=O) groups excluding carboxylic acids is 3. The summed E-state index contributed by atoms with van der Waals surface area (Å²) >= 11 is 0. The molecular formula is C12H21O13P. The van der Waals surface area contributed by atoms with Crippen LogP contribution in [0.4, 0.5) is 0 Å². The Labute approximate surface area is 148 Å². The molecule has 0 aromatic heterocycles. The van der Waals surface area contributed by atoms with E-state index in [0.29, 0.717) is 0 Å². The van der Waals surface area contributed by atoms with Gasteiger partial charge < -0.3 is 44.2 Å². The molecule has 0 aromatic carbocycles. The fraction of sp³-hybridized carbons (Fsp3) is 0.250. The molecule has 26 heavy (non-hydrogen) atoms. The standard InChI is InChI=1S/3C4H6O3.H3O4P/c3*1-2-4(6)7-3-5;1-5(2,3)4/h3*2,5H,1,3H2;(H3,1,2,3,4). The van der Waals surface area contributed by atoms with Crippen molar-refractivity contribution in [3.8, 4) is 0 Å². The minimum Gasteiger partial charge on any atom is -0.436 e. The minimum absolute atomic E-state index is 0.579. The van der Waals surface area contributed by atoms with E-state index in [0.717, 1.165) is 18.2 Å². The van der Waals surface area contributed by atoms with Crippen molar-refractivity contribution in [3.63, 3.8) is 0 Å². The number of aliphatic hydroxyl groups excluding tert-OH is 3.